The van der Waals surface area contributed by atoms with Crippen LogP contribution in [0.25, 0.3) is 0 Å². The van der Waals surface area contributed by atoms with Crippen LogP contribution in [0.15, 0.2) is 24.3 Å². The normalized spacial score (nSPS) is 16.1. The van der Waals surface area contributed by atoms with E-state index in [-0.39, 0.29) is 25.1 Å². The summed E-state index contributed by atoms with van der Waals surface area (Å²) >= 11 is 5.97. The van der Waals surface area contributed by atoms with E-state index < -0.39 is 5.97 Å². The van der Waals surface area contributed by atoms with Gasteiger partial charge in [-0.05, 0) is 63.4 Å². The molecule has 1 aliphatic heterocycles. The van der Waals surface area contributed by atoms with Gasteiger partial charge in [0.15, 0.2) is 13.2 Å². The highest BCUT2D eigenvalue weighted by molar-refractivity contribution is 6.31. The smallest absolute Gasteiger partial charge is 0.344 e. The maximum Gasteiger partial charge on any atom is 0.344 e. The Balaban J connectivity index is 1.52. The van der Waals surface area contributed by atoms with Crippen molar-refractivity contribution in [3.05, 3.63) is 51.8 Å². The Labute approximate surface area is 175 Å². The van der Waals surface area contributed by atoms with Gasteiger partial charge in [-0.25, -0.2) is 4.79 Å². The van der Waals surface area contributed by atoms with Gasteiger partial charge in [-0.2, -0.15) is 0 Å². The highest BCUT2D eigenvalue weighted by atomic mass is 35.5. The fourth-order valence-corrected chi connectivity index (χ4v) is 3.59. The number of halogens is 1. The number of Topliss-reactive ketones (excluding diaryl/α,β-unsaturated/α-hetero) is 1. The van der Waals surface area contributed by atoms with Gasteiger partial charge in [0.1, 0.15) is 5.75 Å². The summed E-state index contributed by atoms with van der Waals surface area (Å²) in [4.78, 5) is 24.5. The molecule has 156 valence electrons. The molecule has 1 saturated heterocycles. The molecule has 1 aromatic heterocycles. The van der Waals surface area contributed by atoms with Gasteiger partial charge in [-0.3, -0.25) is 4.79 Å². The molecular weight excluding hydrogens is 394 g/mol. The molecule has 1 aliphatic rings. The van der Waals surface area contributed by atoms with E-state index in [2.05, 4.69) is 4.57 Å². The Morgan fingerprint density at radius 3 is 2.69 bits per heavy atom. The number of carbonyl (C=O) groups is 2. The number of rotatable bonds is 8. The monoisotopic (exact) mass is 419 g/mol. The lowest BCUT2D eigenvalue weighted by molar-refractivity contribution is -0.144. The summed E-state index contributed by atoms with van der Waals surface area (Å²) in [6.07, 6.45) is 2.29. The van der Waals surface area contributed by atoms with Crippen molar-refractivity contribution in [1.29, 1.82) is 0 Å². The molecule has 0 amide bonds. The molecule has 29 heavy (non-hydrogen) atoms. The standard InChI is InChI=1S/C22H26ClNO5/c1-14-9-17(6-7-20(14)23)28-13-22(26)29-12-21(25)19-10-15(2)24(16(19)3)11-18-5-4-8-27-18/h6-7,9-10,18H,4-5,8,11-13H2,1-3H3/t18-/m0/s1. The van der Waals surface area contributed by atoms with E-state index in [4.69, 9.17) is 25.8 Å². The molecule has 0 radical (unpaired) electrons. The average molecular weight is 420 g/mol. The zero-order valence-electron chi connectivity index (χ0n) is 17.0. The summed E-state index contributed by atoms with van der Waals surface area (Å²) < 4.78 is 18.3. The van der Waals surface area contributed by atoms with Gasteiger partial charge in [-0.15, -0.1) is 0 Å². The summed E-state index contributed by atoms with van der Waals surface area (Å²) in [6, 6.07) is 6.96. The van der Waals surface area contributed by atoms with Crippen molar-refractivity contribution < 1.29 is 23.8 Å². The zero-order chi connectivity index (χ0) is 21.0. The number of aromatic nitrogens is 1. The third kappa shape index (κ3) is 5.40. The van der Waals surface area contributed by atoms with Crippen LogP contribution in [0.3, 0.4) is 0 Å². The lowest BCUT2D eigenvalue weighted by Gasteiger charge is -2.14. The van der Waals surface area contributed by atoms with Crippen molar-refractivity contribution in [3.8, 4) is 5.75 Å². The number of hydrogen-bond acceptors (Lipinski definition) is 5. The first kappa shape index (κ1) is 21.4. The van der Waals surface area contributed by atoms with Crippen LogP contribution in [0, 0.1) is 20.8 Å². The number of aryl methyl sites for hydroxylation is 2. The van der Waals surface area contributed by atoms with Gasteiger partial charge in [-0.1, -0.05) is 11.6 Å². The van der Waals surface area contributed by atoms with E-state index >= 15 is 0 Å². The summed E-state index contributed by atoms with van der Waals surface area (Å²) in [6.45, 7) is 6.66. The van der Waals surface area contributed by atoms with Crippen LogP contribution in [0.2, 0.25) is 5.02 Å². The molecule has 2 aromatic rings. The molecule has 1 atom stereocenters. The van der Waals surface area contributed by atoms with Gasteiger partial charge in [0.25, 0.3) is 0 Å². The molecule has 0 saturated carbocycles. The lowest BCUT2D eigenvalue weighted by atomic mass is 10.1. The van der Waals surface area contributed by atoms with Crippen LogP contribution in [0.4, 0.5) is 0 Å². The third-order valence-corrected chi connectivity index (χ3v) is 5.56. The first-order valence-corrected chi connectivity index (χ1v) is 10.1. The van der Waals surface area contributed by atoms with E-state index in [1.165, 1.54) is 0 Å². The highest BCUT2D eigenvalue weighted by Gasteiger charge is 2.21. The predicted octanol–water partition coefficient (Wildman–Crippen LogP) is 4.05. The second-order valence-corrected chi connectivity index (χ2v) is 7.72. The quantitative estimate of drug-likeness (QED) is 0.477. The van der Waals surface area contributed by atoms with Crippen LogP contribution in [0.5, 0.6) is 5.75 Å². The molecule has 7 heteroatoms. The van der Waals surface area contributed by atoms with E-state index in [9.17, 15) is 9.59 Å². The zero-order valence-corrected chi connectivity index (χ0v) is 17.8. The van der Waals surface area contributed by atoms with Crippen molar-refractivity contribution in [2.75, 3.05) is 19.8 Å². The minimum atomic E-state index is -0.598. The molecule has 3 rings (SSSR count). The van der Waals surface area contributed by atoms with Crippen LogP contribution >= 0.6 is 11.6 Å². The Bertz CT molecular complexity index is 899. The summed E-state index contributed by atoms with van der Waals surface area (Å²) in [5, 5.41) is 0.627. The maximum atomic E-state index is 12.6. The van der Waals surface area contributed by atoms with Gasteiger partial charge in [0, 0.05) is 35.1 Å². The van der Waals surface area contributed by atoms with Gasteiger partial charge in [0.2, 0.25) is 5.78 Å². The summed E-state index contributed by atoms with van der Waals surface area (Å²) in [5.41, 5.74) is 3.29. The fraction of sp³-hybridized carbons (Fsp3) is 0.455. The lowest BCUT2D eigenvalue weighted by Crippen LogP contribution is -2.20. The molecule has 0 unspecified atom stereocenters. The third-order valence-electron chi connectivity index (χ3n) is 5.13. The van der Waals surface area contributed by atoms with Crippen LogP contribution in [-0.2, 0) is 20.8 Å². The van der Waals surface area contributed by atoms with Crippen LogP contribution < -0.4 is 4.74 Å². The number of benzene rings is 1. The molecule has 2 heterocycles. The van der Waals surface area contributed by atoms with Crippen LogP contribution in [-0.4, -0.2) is 42.2 Å². The number of nitrogens with zero attached hydrogens (tertiary/aromatic N) is 1. The number of ketones is 1. The Morgan fingerprint density at radius 1 is 1.21 bits per heavy atom. The van der Waals surface area contributed by atoms with E-state index in [0.717, 1.165) is 42.9 Å². The first-order valence-electron chi connectivity index (χ1n) is 9.71. The van der Waals surface area contributed by atoms with E-state index in [0.29, 0.717) is 16.3 Å². The Kier molecular flexibility index (Phi) is 6.98. The van der Waals surface area contributed by atoms with Crippen molar-refractivity contribution >= 4 is 23.4 Å². The fourth-order valence-electron chi connectivity index (χ4n) is 3.47. The Morgan fingerprint density at radius 2 is 2.00 bits per heavy atom. The number of hydrogen-bond donors (Lipinski definition) is 0. The first-order chi connectivity index (χ1) is 13.8. The SMILES string of the molecule is Cc1cc(OCC(=O)OCC(=O)c2cc(C)n(C[C@@H]3CCCO3)c2C)ccc1Cl. The average Bonchev–Trinajstić information content (AvgIpc) is 3.31. The van der Waals surface area contributed by atoms with Crippen LogP contribution in [0.1, 0.15) is 40.2 Å². The highest BCUT2D eigenvalue weighted by Crippen LogP contribution is 2.22. The van der Waals surface area contributed by atoms with Gasteiger partial charge >= 0.3 is 5.97 Å². The van der Waals surface area contributed by atoms with Crippen molar-refractivity contribution in [2.45, 2.75) is 46.3 Å². The van der Waals surface area contributed by atoms with Gasteiger partial charge < -0.3 is 18.8 Å². The number of carbonyl (C=O) groups excluding carboxylic acids is 2. The molecule has 1 fully saturated rings. The van der Waals surface area contributed by atoms with Crippen molar-refractivity contribution in [1.82, 2.24) is 4.57 Å². The minimum absolute atomic E-state index is 0.189. The number of esters is 1. The molecule has 6 nitrogen and oxygen atoms in total. The topological polar surface area (TPSA) is 66.8 Å². The number of ether oxygens (including phenoxy) is 3. The molecule has 0 bridgehead atoms. The minimum Gasteiger partial charge on any atom is -0.482 e. The molecule has 1 aromatic carbocycles. The molecule has 0 N–H and O–H groups in total. The van der Waals surface area contributed by atoms with Crippen molar-refractivity contribution in [2.24, 2.45) is 0 Å². The van der Waals surface area contributed by atoms with Crippen molar-refractivity contribution in [3.63, 3.8) is 0 Å². The maximum absolute atomic E-state index is 12.6. The predicted molar refractivity (Wildman–Crippen MR) is 110 cm³/mol. The molecule has 0 aliphatic carbocycles. The second kappa shape index (κ2) is 9.46. The Hall–Kier alpha value is -2.31. The second-order valence-electron chi connectivity index (χ2n) is 7.31. The molecular formula is C22H26ClNO5. The van der Waals surface area contributed by atoms with E-state index in [1.54, 1.807) is 18.2 Å². The van der Waals surface area contributed by atoms with E-state index in [1.807, 2.05) is 26.8 Å². The summed E-state index contributed by atoms with van der Waals surface area (Å²) in [7, 11) is 0. The van der Waals surface area contributed by atoms with Gasteiger partial charge in [0.05, 0.1) is 6.10 Å². The largest absolute Gasteiger partial charge is 0.482 e. The summed E-state index contributed by atoms with van der Waals surface area (Å²) in [5.74, 6) is -0.306. The molecule has 0 spiro atoms.